The highest BCUT2D eigenvalue weighted by atomic mass is 35.5. The predicted octanol–water partition coefficient (Wildman–Crippen LogP) is 10.5. The van der Waals surface area contributed by atoms with Crippen molar-refractivity contribution in [2.45, 2.75) is 69.2 Å². The van der Waals surface area contributed by atoms with Crippen LogP contribution in [0.3, 0.4) is 0 Å². The molecule has 54 heavy (non-hydrogen) atoms. The predicted molar refractivity (Wildman–Crippen MR) is 223 cm³/mol. The molecular formula is C46H53Cl2FN2O3. The minimum absolute atomic E-state index is 0. The van der Waals surface area contributed by atoms with Gasteiger partial charge in [0.05, 0.1) is 14.2 Å². The maximum atomic E-state index is 13.4. The van der Waals surface area contributed by atoms with Crippen molar-refractivity contribution >= 4 is 36.3 Å². The molecule has 5 nitrogen and oxygen atoms in total. The minimum Gasteiger partial charge on any atom is -0.493 e. The van der Waals surface area contributed by atoms with Crippen LogP contribution >= 0.6 is 24.8 Å². The average Bonchev–Trinajstić information content (AvgIpc) is 3.18. The fourth-order valence-electron chi connectivity index (χ4n) is 8.08. The van der Waals surface area contributed by atoms with Crippen LogP contribution in [-0.4, -0.2) is 38.0 Å². The Balaban J connectivity index is 0.00000325. The number of hydrogen-bond donors (Lipinski definition) is 1. The third-order valence-electron chi connectivity index (χ3n) is 10.9. The van der Waals surface area contributed by atoms with Crippen LogP contribution in [0, 0.1) is 5.82 Å². The van der Waals surface area contributed by atoms with Crippen molar-refractivity contribution in [2.24, 2.45) is 0 Å². The van der Waals surface area contributed by atoms with E-state index in [9.17, 15) is 9.18 Å². The molecule has 0 fully saturated rings. The van der Waals surface area contributed by atoms with Crippen LogP contribution in [0.4, 0.5) is 10.1 Å². The van der Waals surface area contributed by atoms with Crippen molar-refractivity contribution in [3.63, 3.8) is 0 Å². The Morgan fingerprint density at radius 2 is 1.33 bits per heavy atom. The smallest absolute Gasteiger partial charge is 0.161 e. The van der Waals surface area contributed by atoms with E-state index in [1.165, 1.54) is 39.9 Å². The number of halogens is 3. The summed E-state index contributed by atoms with van der Waals surface area (Å²) in [5.74, 6) is 1.52. The lowest BCUT2D eigenvalue weighted by Gasteiger charge is -2.40. The molecule has 1 atom stereocenters. The van der Waals surface area contributed by atoms with Crippen LogP contribution in [0.15, 0.2) is 121 Å². The molecule has 0 amide bonds. The number of benzene rings is 5. The number of carbonyl (C=O) groups is 1. The number of ether oxygens (including phenoxy) is 2. The van der Waals surface area contributed by atoms with Crippen molar-refractivity contribution in [3.05, 3.63) is 161 Å². The normalized spacial score (nSPS) is 13.9. The Hall–Kier alpha value is -4.36. The van der Waals surface area contributed by atoms with Gasteiger partial charge in [0.2, 0.25) is 0 Å². The van der Waals surface area contributed by atoms with Gasteiger partial charge in [-0.15, -0.1) is 24.8 Å². The molecule has 1 aliphatic heterocycles. The Bertz CT molecular complexity index is 1850. The van der Waals surface area contributed by atoms with Crippen LogP contribution < -0.4 is 15.2 Å². The summed E-state index contributed by atoms with van der Waals surface area (Å²) in [6.45, 7) is 1.89. The van der Waals surface area contributed by atoms with Gasteiger partial charge in [-0.05, 0) is 121 Å². The van der Waals surface area contributed by atoms with Crippen LogP contribution in [0.2, 0.25) is 0 Å². The van der Waals surface area contributed by atoms with Crippen molar-refractivity contribution in [2.75, 3.05) is 33.0 Å². The molecule has 0 bridgehead atoms. The van der Waals surface area contributed by atoms with Crippen molar-refractivity contribution in [1.82, 2.24) is 4.90 Å². The fraction of sp³-hybridized carbons (Fsp3) is 0.326. The third kappa shape index (κ3) is 10.4. The summed E-state index contributed by atoms with van der Waals surface area (Å²) in [5.41, 5.74) is 14.0. The van der Waals surface area contributed by atoms with E-state index in [-0.39, 0.29) is 47.9 Å². The average molecular weight is 772 g/mol. The Morgan fingerprint density at radius 1 is 0.759 bits per heavy atom. The van der Waals surface area contributed by atoms with E-state index in [1.807, 2.05) is 12.1 Å². The molecule has 8 heteroatoms. The monoisotopic (exact) mass is 770 g/mol. The zero-order valence-corrected chi connectivity index (χ0v) is 33.0. The molecule has 0 aromatic heterocycles. The Labute approximate surface area is 332 Å². The lowest BCUT2D eigenvalue weighted by Crippen LogP contribution is -2.38. The molecule has 5 aromatic carbocycles. The number of rotatable bonds is 17. The maximum absolute atomic E-state index is 13.4. The van der Waals surface area contributed by atoms with Crippen LogP contribution in [0.25, 0.3) is 0 Å². The van der Waals surface area contributed by atoms with Gasteiger partial charge in [0, 0.05) is 36.5 Å². The molecule has 1 heterocycles. The first-order valence-corrected chi connectivity index (χ1v) is 18.6. The van der Waals surface area contributed by atoms with Gasteiger partial charge in [-0.25, -0.2) is 4.39 Å². The number of methoxy groups -OCH3 is 2. The number of aryl methyl sites for hydroxylation is 1. The molecule has 0 radical (unpaired) electrons. The SMILES string of the molecule is COc1cc2c(cc1OC)C(Cc1ccc(N)cc1)N(CCCC(CCCC(=O)CCc1ccc(F)cc1)(c1ccccc1)c1ccccc1)CC2.Cl.Cl. The summed E-state index contributed by atoms with van der Waals surface area (Å²) >= 11 is 0. The number of anilines is 1. The summed E-state index contributed by atoms with van der Waals surface area (Å²) < 4.78 is 24.8. The first-order chi connectivity index (χ1) is 25.4. The van der Waals surface area contributed by atoms with Gasteiger partial charge in [-0.3, -0.25) is 9.69 Å². The topological polar surface area (TPSA) is 64.8 Å². The van der Waals surface area contributed by atoms with Gasteiger partial charge in [-0.2, -0.15) is 0 Å². The van der Waals surface area contributed by atoms with Gasteiger partial charge in [0.25, 0.3) is 0 Å². The number of carbonyl (C=O) groups excluding carboxylic acids is 1. The number of nitrogens with two attached hydrogens (primary N) is 1. The van der Waals surface area contributed by atoms with E-state index in [0.29, 0.717) is 19.3 Å². The molecule has 1 unspecified atom stereocenters. The van der Waals surface area contributed by atoms with Crippen molar-refractivity contribution in [3.8, 4) is 11.5 Å². The number of hydrogen-bond acceptors (Lipinski definition) is 5. The summed E-state index contributed by atoms with van der Waals surface area (Å²) in [5, 5.41) is 0. The molecule has 0 saturated heterocycles. The summed E-state index contributed by atoms with van der Waals surface area (Å²) in [4.78, 5) is 15.8. The second kappa shape index (κ2) is 20.4. The van der Waals surface area contributed by atoms with E-state index in [2.05, 4.69) is 89.8 Å². The van der Waals surface area contributed by atoms with E-state index in [0.717, 1.165) is 74.4 Å². The van der Waals surface area contributed by atoms with Crippen molar-refractivity contribution < 1.29 is 18.7 Å². The standard InChI is InChI=1S/C46H51FN2O3.2ClH/c1-51-44-32-36-26-30-49(43(42(36)33-45(44)52-2)31-35-18-23-40(48)24-19-35)29-10-28-46(37-11-5-3-6-12-37,38-13-7-4-8-14-38)27-9-15-41(50)25-20-34-16-21-39(47)22-17-34;;/h3-8,11-14,16-19,21-24,32-33,43H,9-10,15,20,25-31,48H2,1-2H3;2*1H. The largest absolute Gasteiger partial charge is 0.493 e. The van der Waals surface area contributed by atoms with E-state index in [4.69, 9.17) is 15.2 Å². The zero-order chi connectivity index (χ0) is 36.3. The molecule has 0 saturated carbocycles. The quantitative estimate of drug-likeness (QED) is 0.0954. The number of Topliss-reactive ketones (excluding diaryl/α,β-unsaturated/α-hetero) is 1. The van der Waals surface area contributed by atoms with Crippen LogP contribution in [0.5, 0.6) is 11.5 Å². The van der Waals surface area contributed by atoms with Crippen LogP contribution in [-0.2, 0) is 29.5 Å². The number of nitrogen functional groups attached to an aromatic ring is 1. The number of ketones is 1. The molecule has 0 aliphatic carbocycles. The third-order valence-corrected chi connectivity index (χ3v) is 10.9. The van der Waals surface area contributed by atoms with Gasteiger partial charge in [0.15, 0.2) is 11.5 Å². The Morgan fingerprint density at radius 3 is 1.94 bits per heavy atom. The van der Waals surface area contributed by atoms with Crippen molar-refractivity contribution in [1.29, 1.82) is 0 Å². The molecule has 6 rings (SSSR count). The molecule has 5 aromatic rings. The summed E-state index contributed by atoms with van der Waals surface area (Å²) in [6, 6.07) is 40.9. The highest BCUT2D eigenvalue weighted by molar-refractivity contribution is 5.85. The molecular weight excluding hydrogens is 718 g/mol. The lowest BCUT2D eigenvalue weighted by molar-refractivity contribution is -0.119. The second-order valence-electron chi connectivity index (χ2n) is 14.1. The molecule has 2 N–H and O–H groups in total. The van der Waals surface area contributed by atoms with E-state index in [1.54, 1.807) is 26.4 Å². The van der Waals surface area contributed by atoms with Gasteiger partial charge >= 0.3 is 0 Å². The molecule has 0 spiro atoms. The van der Waals surface area contributed by atoms with E-state index >= 15 is 0 Å². The molecule has 286 valence electrons. The van der Waals surface area contributed by atoms with E-state index < -0.39 is 0 Å². The summed E-state index contributed by atoms with van der Waals surface area (Å²) in [6.07, 6.45) is 7.05. The first kappa shape index (κ1) is 42.4. The maximum Gasteiger partial charge on any atom is 0.161 e. The Kier molecular flexibility index (Phi) is 16.0. The van der Waals surface area contributed by atoms with Crippen LogP contribution in [0.1, 0.15) is 77.9 Å². The second-order valence-corrected chi connectivity index (χ2v) is 14.1. The lowest BCUT2D eigenvalue weighted by atomic mass is 9.68. The minimum atomic E-state index is -0.253. The van der Waals surface area contributed by atoms with Gasteiger partial charge < -0.3 is 15.2 Å². The van der Waals surface area contributed by atoms with Gasteiger partial charge in [-0.1, -0.05) is 84.9 Å². The number of nitrogens with zero attached hydrogens (tertiary/aromatic N) is 1. The highest BCUT2D eigenvalue weighted by Crippen LogP contribution is 2.43. The first-order valence-electron chi connectivity index (χ1n) is 18.6. The summed E-state index contributed by atoms with van der Waals surface area (Å²) in [7, 11) is 3.40. The van der Waals surface area contributed by atoms with Gasteiger partial charge in [0.1, 0.15) is 11.6 Å². The zero-order valence-electron chi connectivity index (χ0n) is 31.3. The molecule has 1 aliphatic rings. The highest BCUT2D eigenvalue weighted by Gasteiger charge is 2.35. The number of fused-ring (bicyclic) bond motifs is 1. The fourth-order valence-corrected chi connectivity index (χ4v) is 8.08.